The molecule has 0 atom stereocenters. The number of carbonyl (C=O) groups excluding carboxylic acids is 2. The number of aromatic nitrogens is 3. The highest BCUT2D eigenvalue weighted by molar-refractivity contribution is 6.34. The third-order valence-electron chi connectivity index (χ3n) is 2.50. The topological polar surface area (TPSA) is 99.8 Å². The lowest BCUT2D eigenvalue weighted by atomic mass is 10.2. The Balaban J connectivity index is 2.22. The fourth-order valence-electron chi connectivity index (χ4n) is 1.54. The monoisotopic (exact) mass is 293 g/mol. The number of benzene rings is 1. The van der Waals surface area contributed by atoms with Crippen molar-refractivity contribution in [3.05, 3.63) is 40.4 Å². The Morgan fingerprint density at radius 3 is 2.65 bits per heavy atom. The van der Waals surface area contributed by atoms with Crippen LogP contribution in [-0.2, 0) is 0 Å². The predicted octanol–water partition coefficient (Wildman–Crippen LogP) is 1.38. The summed E-state index contributed by atoms with van der Waals surface area (Å²) in [5.74, 6) is -0.240. The molecule has 0 saturated heterocycles. The summed E-state index contributed by atoms with van der Waals surface area (Å²) in [5, 5.41) is 11.7. The van der Waals surface area contributed by atoms with Gasteiger partial charge in [-0.05, 0) is 25.1 Å². The minimum absolute atomic E-state index is 0.0268. The second kappa shape index (κ2) is 5.70. The number of nitrogens with one attached hydrogen (secondary N) is 3. The van der Waals surface area contributed by atoms with Crippen molar-refractivity contribution >= 4 is 29.1 Å². The van der Waals surface area contributed by atoms with Gasteiger partial charge in [0.25, 0.3) is 11.8 Å². The van der Waals surface area contributed by atoms with E-state index >= 15 is 0 Å². The average molecular weight is 294 g/mol. The molecule has 0 aliphatic heterocycles. The lowest BCUT2D eigenvalue weighted by molar-refractivity contribution is 0.0961. The molecule has 0 unspecified atom stereocenters. The van der Waals surface area contributed by atoms with Crippen molar-refractivity contribution in [2.75, 3.05) is 12.4 Å². The molecule has 3 N–H and O–H groups in total. The number of hydrogen-bond donors (Lipinski definition) is 3. The van der Waals surface area contributed by atoms with E-state index in [1.165, 1.54) is 19.2 Å². The van der Waals surface area contributed by atoms with E-state index in [9.17, 15) is 9.59 Å². The average Bonchev–Trinajstić information content (AvgIpc) is 2.87. The van der Waals surface area contributed by atoms with Gasteiger partial charge in [-0.25, -0.2) is 4.98 Å². The van der Waals surface area contributed by atoms with Crippen molar-refractivity contribution in [3.63, 3.8) is 0 Å². The summed E-state index contributed by atoms with van der Waals surface area (Å²) in [5.41, 5.74) is 0.707. The zero-order valence-electron chi connectivity index (χ0n) is 10.8. The molecule has 2 aromatic rings. The number of halogens is 1. The van der Waals surface area contributed by atoms with Crippen LogP contribution in [-0.4, -0.2) is 34.0 Å². The number of nitrogens with zero attached hydrogens (tertiary/aromatic N) is 2. The maximum absolute atomic E-state index is 11.9. The largest absolute Gasteiger partial charge is 0.355 e. The number of anilines is 1. The van der Waals surface area contributed by atoms with Crippen LogP contribution >= 0.6 is 11.6 Å². The number of carbonyl (C=O) groups is 2. The van der Waals surface area contributed by atoms with Gasteiger partial charge in [0.2, 0.25) is 5.82 Å². The van der Waals surface area contributed by atoms with Crippen LogP contribution in [0.4, 0.5) is 5.69 Å². The zero-order valence-corrected chi connectivity index (χ0v) is 11.6. The number of hydrogen-bond acceptors (Lipinski definition) is 4. The van der Waals surface area contributed by atoms with Gasteiger partial charge in [0.1, 0.15) is 5.82 Å². The van der Waals surface area contributed by atoms with Gasteiger partial charge < -0.3 is 10.6 Å². The highest BCUT2D eigenvalue weighted by atomic mass is 35.5. The Bertz CT molecular complexity index is 668. The van der Waals surface area contributed by atoms with E-state index in [1.54, 1.807) is 13.0 Å². The first-order valence-corrected chi connectivity index (χ1v) is 6.11. The van der Waals surface area contributed by atoms with Gasteiger partial charge in [-0.15, -0.1) is 5.10 Å². The zero-order chi connectivity index (χ0) is 14.7. The number of aryl methyl sites for hydroxylation is 1. The predicted molar refractivity (Wildman–Crippen MR) is 73.9 cm³/mol. The number of amides is 2. The van der Waals surface area contributed by atoms with Crippen molar-refractivity contribution < 1.29 is 9.59 Å². The van der Waals surface area contributed by atoms with Crippen molar-refractivity contribution in [1.29, 1.82) is 0 Å². The molecule has 0 saturated carbocycles. The molecule has 0 bridgehead atoms. The molecule has 0 aliphatic rings. The van der Waals surface area contributed by atoms with Gasteiger partial charge in [0, 0.05) is 12.7 Å². The number of aromatic amines is 1. The second-order valence-corrected chi connectivity index (χ2v) is 4.38. The van der Waals surface area contributed by atoms with Crippen molar-refractivity contribution in [2.24, 2.45) is 0 Å². The third-order valence-corrected chi connectivity index (χ3v) is 2.83. The summed E-state index contributed by atoms with van der Waals surface area (Å²) in [7, 11) is 1.50. The van der Waals surface area contributed by atoms with Crippen molar-refractivity contribution in [1.82, 2.24) is 20.5 Å². The van der Waals surface area contributed by atoms with Crippen molar-refractivity contribution in [2.45, 2.75) is 6.92 Å². The summed E-state index contributed by atoms with van der Waals surface area (Å²) in [4.78, 5) is 27.4. The molecule has 1 heterocycles. The molecule has 0 spiro atoms. The van der Waals surface area contributed by atoms with Crippen LogP contribution in [0.2, 0.25) is 5.02 Å². The second-order valence-electron chi connectivity index (χ2n) is 3.97. The summed E-state index contributed by atoms with van der Waals surface area (Å²) in [6.45, 7) is 1.69. The van der Waals surface area contributed by atoms with Crippen LogP contribution in [0.5, 0.6) is 0 Å². The first kappa shape index (κ1) is 14.0. The van der Waals surface area contributed by atoms with Gasteiger partial charge in [0.05, 0.1) is 10.6 Å². The molecule has 0 radical (unpaired) electrons. The first-order valence-electron chi connectivity index (χ1n) is 5.73. The Hall–Kier alpha value is -2.41. The summed E-state index contributed by atoms with van der Waals surface area (Å²) in [6, 6.07) is 4.61. The lowest BCUT2D eigenvalue weighted by Gasteiger charge is -2.07. The van der Waals surface area contributed by atoms with Gasteiger partial charge >= 0.3 is 0 Å². The third kappa shape index (κ3) is 2.94. The molecular weight excluding hydrogens is 282 g/mol. The van der Waals surface area contributed by atoms with E-state index in [4.69, 9.17) is 11.6 Å². The van der Waals surface area contributed by atoms with Crippen LogP contribution in [0.1, 0.15) is 26.8 Å². The molecule has 20 heavy (non-hydrogen) atoms. The van der Waals surface area contributed by atoms with Crippen LogP contribution in [0.25, 0.3) is 0 Å². The van der Waals surface area contributed by atoms with Crippen LogP contribution < -0.4 is 10.6 Å². The summed E-state index contributed by atoms with van der Waals surface area (Å²) < 4.78 is 0. The molecule has 7 nitrogen and oxygen atoms in total. The Morgan fingerprint density at radius 1 is 1.30 bits per heavy atom. The SMILES string of the molecule is CNC(=O)c1cc(NC(=O)c2n[nH]c(C)n2)ccc1Cl. The molecular formula is C12H12ClN5O2. The van der Waals surface area contributed by atoms with Crippen LogP contribution in [0, 0.1) is 6.92 Å². The van der Waals surface area contributed by atoms with Gasteiger partial charge in [0.15, 0.2) is 0 Å². The fourth-order valence-corrected chi connectivity index (χ4v) is 1.75. The highest BCUT2D eigenvalue weighted by Gasteiger charge is 2.14. The van der Waals surface area contributed by atoms with E-state index in [0.29, 0.717) is 16.5 Å². The number of H-pyrrole nitrogens is 1. The van der Waals surface area contributed by atoms with Crippen LogP contribution in [0.3, 0.4) is 0 Å². The van der Waals surface area contributed by atoms with E-state index in [-0.39, 0.29) is 17.3 Å². The maximum Gasteiger partial charge on any atom is 0.295 e. The molecule has 104 valence electrons. The smallest absolute Gasteiger partial charge is 0.295 e. The number of rotatable bonds is 3. The highest BCUT2D eigenvalue weighted by Crippen LogP contribution is 2.20. The maximum atomic E-state index is 11.9. The Kier molecular flexibility index (Phi) is 3.99. The molecule has 0 aliphatic carbocycles. The molecule has 1 aromatic heterocycles. The molecule has 1 aromatic carbocycles. The minimum atomic E-state index is -0.473. The standard InChI is InChI=1S/C12H12ClN5O2/c1-6-15-10(18-17-6)12(20)16-7-3-4-9(13)8(5-7)11(19)14-2/h3-5H,1-2H3,(H,14,19)(H,16,20)(H,15,17,18). The Labute approximate surface area is 119 Å². The van der Waals surface area contributed by atoms with Gasteiger partial charge in [-0.1, -0.05) is 11.6 Å². The van der Waals surface area contributed by atoms with E-state index < -0.39 is 5.91 Å². The quantitative estimate of drug-likeness (QED) is 0.796. The molecule has 2 amide bonds. The van der Waals surface area contributed by atoms with Crippen molar-refractivity contribution in [3.8, 4) is 0 Å². The first-order chi connectivity index (χ1) is 9.51. The molecule has 0 fully saturated rings. The lowest BCUT2D eigenvalue weighted by Crippen LogP contribution is -2.19. The normalized spacial score (nSPS) is 10.2. The minimum Gasteiger partial charge on any atom is -0.355 e. The van der Waals surface area contributed by atoms with Gasteiger partial charge in [-0.2, -0.15) is 0 Å². The fraction of sp³-hybridized carbons (Fsp3) is 0.167. The Morgan fingerprint density at radius 2 is 2.05 bits per heavy atom. The van der Waals surface area contributed by atoms with E-state index in [2.05, 4.69) is 25.8 Å². The molecule has 8 heteroatoms. The van der Waals surface area contributed by atoms with E-state index in [0.717, 1.165) is 0 Å². The van der Waals surface area contributed by atoms with E-state index in [1.807, 2.05) is 0 Å². The summed E-state index contributed by atoms with van der Waals surface area (Å²) in [6.07, 6.45) is 0. The van der Waals surface area contributed by atoms with Crippen LogP contribution in [0.15, 0.2) is 18.2 Å². The van der Waals surface area contributed by atoms with Gasteiger partial charge in [-0.3, -0.25) is 14.7 Å². The summed E-state index contributed by atoms with van der Waals surface area (Å²) >= 11 is 5.92. The molecule has 2 rings (SSSR count).